The Bertz CT molecular complexity index is 4180. The van der Waals surface area contributed by atoms with Gasteiger partial charge in [-0.05, 0) is 109 Å². The van der Waals surface area contributed by atoms with Gasteiger partial charge in [0.1, 0.15) is 33.5 Å². The summed E-state index contributed by atoms with van der Waals surface area (Å²) >= 11 is 18.0. The molecule has 0 bridgehead atoms. The molecule has 0 radical (unpaired) electrons. The number of halogens is 3. The van der Waals surface area contributed by atoms with Crippen LogP contribution in [0.2, 0.25) is 15.1 Å². The quantitative estimate of drug-likeness (QED) is 0.185. The van der Waals surface area contributed by atoms with Crippen molar-refractivity contribution >= 4 is 151 Å². The average molecular weight is 988 g/mol. The summed E-state index contributed by atoms with van der Waals surface area (Å²) in [6.07, 6.45) is 0. The number of para-hydroxylation sites is 6. The number of hydrogen-bond donors (Lipinski definition) is 1. The van der Waals surface area contributed by atoms with Gasteiger partial charge < -0.3 is 27.9 Å². The van der Waals surface area contributed by atoms with Gasteiger partial charge in [-0.2, -0.15) is 0 Å². The van der Waals surface area contributed by atoms with Crippen LogP contribution in [0, 0.1) is 0 Å². The summed E-state index contributed by atoms with van der Waals surface area (Å²) in [5.41, 5.74) is 11.9. The number of anilines is 5. The molecule has 0 atom stereocenters. The van der Waals surface area contributed by atoms with Gasteiger partial charge >= 0.3 is 0 Å². The van der Waals surface area contributed by atoms with E-state index >= 15 is 0 Å². The largest absolute Gasteiger partial charge is 0.456 e. The number of furan rings is 4. The molecule has 14 rings (SSSR count). The molecule has 0 spiro atoms. The zero-order valence-corrected chi connectivity index (χ0v) is 38.8. The van der Waals surface area contributed by atoms with Crippen molar-refractivity contribution in [3.63, 3.8) is 0 Å². The molecule has 0 aliphatic heterocycles. The first-order chi connectivity index (χ1) is 33.9. The SMILES string of the molecule is C.C.Clc1ccc2c(c1)oc1ccc(Cl)cc12.Clc1ccc2c(c1)oc1ccc(N(c3ccccc3)c3cccc4c3oc3ccccc34)cc12.c1ccc(Nc2cccc3c2oc2ccccc23)cc1. The molecule has 0 saturated heterocycles. The van der Waals surface area contributed by atoms with Gasteiger partial charge in [0.15, 0.2) is 11.2 Å². The van der Waals surface area contributed by atoms with Crippen molar-refractivity contribution in [1.29, 1.82) is 0 Å². The van der Waals surface area contributed by atoms with E-state index in [2.05, 4.69) is 89.1 Å². The Morgan fingerprint density at radius 1 is 0.310 bits per heavy atom. The summed E-state index contributed by atoms with van der Waals surface area (Å²) in [7, 11) is 0. The van der Waals surface area contributed by atoms with Crippen LogP contribution in [0.3, 0.4) is 0 Å². The van der Waals surface area contributed by atoms with Gasteiger partial charge in [0.25, 0.3) is 0 Å². The lowest BCUT2D eigenvalue weighted by Crippen LogP contribution is -2.10. The number of nitrogens with one attached hydrogen (secondary N) is 1. The van der Waals surface area contributed by atoms with Crippen LogP contribution in [0.4, 0.5) is 28.4 Å². The van der Waals surface area contributed by atoms with E-state index in [1.807, 2.05) is 140 Å². The first kappa shape index (κ1) is 46.6. The van der Waals surface area contributed by atoms with Crippen LogP contribution in [0.25, 0.3) is 87.8 Å². The van der Waals surface area contributed by atoms with Crippen molar-refractivity contribution in [2.45, 2.75) is 14.9 Å². The minimum absolute atomic E-state index is 0. The van der Waals surface area contributed by atoms with E-state index in [9.17, 15) is 0 Å². The predicted octanol–water partition coefficient (Wildman–Crippen LogP) is 21.1. The van der Waals surface area contributed by atoms with Crippen molar-refractivity contribution in [2.24, 2.45) is 0 Å². The molecule has 4 heterocycles. The Hall–Kier alpha value is -8.13. The normalized spacial score (nSPS) is 11.1. The standard InChI is InChI=1S/C30H18ClNO2.C18H13NO.C12H6Cl2O.2CH4/c31-19-13-15-23-25-18-21(14-16-28(25)33-29(23)17-19)32(20-7-2-1-3-8-20)26-11-6-10-24-22-9-4-5-12-27(22)34-30(24)26;1-2-7-13(8-3-1)19-16-11-6-10-15-14-9-4-5-12-17(14)20-18(15)16;13-7-2-4-11-10(5-7)9-3-1-8(14)6-12(9)15-11;;/h1-18H;1-12,19H;1-6H;2*1H4. The fourth-order valence-electron chi connectivity index (χ4n) is 9.04. The number of nitrogens with zero attached hydrogens (tertiary/aromatic N) is 1. The van der Waals surface area contributed by atoms with E-state index in [0.717, 1.165) is 116 Å². The smallest absolute Gasteiger partial charge is 0.159 e. The fourth-order valence-corrected chi connectivity index (χ4v) is 9.53. The lowest BCUT2D eigenvalue weighted by molar-refractivity contribution is 0.668. The van der Waals surface area contributed by atoms with Crippen LogP contribution in [0.5, 0.6) is 0 Å². The van der Waals surface area contributed by atoms with Crippen LogP contribution >= 0.6 is 34.8 Å². The first-order valence-corrected chi connectivity index (χ1v) is 23.4. The highest BCUT2D eigenvalue weighted by atomic mass is 35.5. The second-order valence-electron chi connectivity index (χ2n) is 16.5. The van der Waals surface area contributed by atoms with Gasteiger partial charge in [-0.1, -0.05) is 147 Å². The Morgan fingerprint density at radius 2 is 0.775 bits per heavy atom. The molecule has 0 amide bonds. The Balaban J connectivity index is 0.000000134. The molecular formula is C62H45Cl3N2O4. The van der Waals surface area contributed by atoms with Crippen LogP contribution in [-0.2, 0) is 0 Å². The van der Waals surface area contributed by atoms with E-state index < -0.39 is 0 Å². The summed E-state index contributed by atoms with van der Waals surface area (Å²) in [6.45, 7) is 0. The lowest BCUT2D eigenvalue weighted by atomic mass is 10.1. The molecule has 10 aromatic carbocycles. The van der Waals surface area contributed by atoms with Crippen LogP contribution in [-0.4, -0.2) is 0 Å². The minimum Gasteiger partial charge on any atom is -0.456 e. The maximum Gasteiger partial charge on any atom is 0.159 e. The number of fused-ring (bicyclic) bond motifs is 12. The summed E-state index contributed by atoms with van der Waals surface area (Å²) < 4.78 is 24.1. The maximum atomic E-state index is 6.39. The molecular weight excluding hydrogens is 943 g/mol. The molecule has 0 aliphatic carbocycles. The van der Waals surface area contributed by atoms with Crippen LogP contribution in [0.1, 0.15) is 14.9 Å². The monoisotopic (exact) mass is 986 g/mol. The molecule has 0 fully saturated rings. The number of hydrogen-bond acceptors (Lipinski definition) is 6. The van der Waals surface area contributed by atoms with Crippen molar-refractivity contribution in [3.8, 4) is 0 Å². The molecule has 0 aliphatic rings. The third kappa shape index (κ3) is 8.90. The first-order valence-electron chi connectivity index (χ1n) is 22.3. The summed E-state index contributed by atoms with van der Waals surface area (Å²) in [6, 6.07) is 72.5. The summed E-state index contributed by atoms with van der Waals surface area (Å²) in [5, 5.41) is 14.1. The van der Waals surface area contributed by atoms with E-state index in [1.165, 1.54) is 0 Å². The third-order valence-corrected chi connectivity index (χ3v) is 12.9. The average Bonchev–Trinajstić information content (AvgIpc) is 4.15. The van der Waals surface area contributed by atoms with E-state index in [-0.39, 0.29) is 14.9 Å². The topological polar surface area (TPSA) is 67.8 Å². The molecule has 0 saturated carbocycles. The Labute approximate surface area is 424 Å². The van der Waals surface area contributed by atoms with Gasteiger partial charge in [0, 0.05) is 87.4 Å². The summed E-state index contributed by atoms with van der Waals surface area (Å²) in [5.74, 6) is 0. The van der Waals surface area contributed by atoms with E-state index in [0.29, 0.717) is 15.1 Å². The Kier molecular flexibility index (Phi) is 12.9. The maximum absolute atomic E-state index is 6.39. The van der Waals surface area contributed by atoms with Gasteiger partial charge in [-0.15, -0.1) is 0 Å². The fraction of sp³-hybridized carbons (Fsp3) is 0.0323. The van der Waals surface area contributed by atoms with Crippen molar-refractivity contribution in [2.75, 3.05) is 10.2 Å². The molecule has 1 N–H and O–H groups in total. The highest BCUT2D eigenvalue weighted by Gasteiger charge is 2.20. The number of rotatable bonds is 5. The third-order valence-electron chi connectivity index (χ3n) is 12.2. The van der Waals surface area contributed by atoms with Gasteiger partial charge in [0.2, 0.25) is 0 Å². The Morgan fingerprint density at radius 3 is 1.42 bits per heavy atom. The van der Waals surface area contributed by atoms with Crippen LogP contribution in [0.15, 0.2) is 236 Å². The molecule has 9 heteroatoms. The zero-order valence-electron chi connectivity index (χ0n) is 36.5. The van der Waals surface area contributed by atoms with E-state index in [4.69, 9.17) is 52.5 Å². The minimum atomic E-state index is 0. The second-order valence-corrected chi connectivity index (χ2v) is 17.8. The highest BCUT2D eigenvalue weighted by Crippen LogP contribution is 2.44. The highest BCUT2D eigenvalue weighted by molar-refractivity contribution is 6.33. The van der Waals surface area contributed by atoms with Crippen LogP contribution < -0.4 is 10.2 Å². The molecule has 348 valence electrons. The molecule has 0 unspecified atom stereocenters. The van der Waals surface area contributed by atoms with Gasteiger partial charge in [-0.3, -0.25) is 0 Å². The predicted molar refractivity (Wildman–Crippen MR) is 301 cm³/mol. The van der Waals surface area contributed by atoms with Gasteiger partial charge in [-0.25, -0.2) is 0 Å². The van der Waals surface area contributed by atoms with Crippen molar-refractivity contribution in [1.82, 2.24) is 0 Å². The summed E-state index contributed by atoms with van der Waals surface area (Å²) in [4.78, 5) is 2.24. The second kappa shape index (κ2) is 19.7. The number of benzene rings is 10. The lowest BCUT2D eigenvalue weighted by Gasteiger charge is -2.25. The van der Waals surface area contributed by atoms with E-state index in [1.54, 1.807) is 0 Å². The van der Waals surface area contributed by atoms with Crippen molar-refractivity contribution in [3.05, 3.63) is 233 Å². The van der Waals surface area contributed by atoms with Crippen molar-refractivity contribution < 1.29 is 17.7 Å². The molecule has 14 aromatic rings. The molecule has 4 aromatic heterocycles. The molecule has 6 nitrogen and oxygen atoms in total. The van der Waals surface area contributed by atoms with Gasteiger partial charge in [0.05, 0.1) is 11.4 Å². The molecule has 71 heavy (non-hydrogen) atoms. The zero-order chi connectivity index (χ0) is 46.4.